The van der Waals surface area contributed by atoms with Crippen LogP contribution >= 0.6 is 12.4 Å². The Morgan fingerprint density at radius 3 is 2.54 bits per heavy atom. The number of benzene rings is 1. The Morgan fingerprint density at radius 1 is 1.21 bits per heavy atom. The van der Waals surface area contributed by atoms with Gasteiger partial charge in [0.05, 0.1) is 11.4 Å². The predicted molar refractivity (Wildman–Crippen MR) is 92.8 cm³/mol. The molecule has 1 heterocycles. The average Bonchev–Trinajstić information content (AvgIpc) is 2.75. The topological polar surface area (TPSA) is 105 Å². The zero-order chi connectivity index (χ0) is 16.4. The molecule has 0 atom stereocenters. The van der Waals surface area contributed by atoms with Crippen molar-refractivity contribution in [3.63, 3.8) is 0 Å². The van der Waals surface area contributed by atoms with Gasteiger partial charge in [-0.3, -0.25) is 14.5 Å². The van der Waals surface area contributed by atoms with Gasteiger partial charge in [0.25, 0.3) is 5.91 Å². The summed E-state index contributed by atoms with van der Waals surface area (Å²) in [4.78, 5) is 37.8. The monoisotopic (exact) mass is 352 g/mol. The number of carbonyl (C=O) groups is 3. The molecule has 0 bridgehead atoms. The second-order valence-electron chi connectivity index (χ2n) is 6.10. The van der Waals surface area contributed by atoms with Crippen LogP contribution in [0.2, 0.25) is 0 Å². The zero-order valence-corrected chi connectivity index (χ0v) is 14.0. The molecule has 1 aromatic rings. The highest BCUT2D eigenvalue weighted by atomic mass is 35.5. The number of nitrogens with two attached hydrogens (primary N) is 1. The zero-order valence-electron chi connectivity index (χ0n) is 13.2. The maximum Gasteiger partial charge on any atom is 0.325 e. The molecule has 1 aliphatic heterocycles. The number of hydrogen-bond donors (Lipinski definition) is 3. The molecule has 3 rings (SSSR count). The lowest BCUT2D eigenvalue weighted by molar-refractivity contribution is -0.134. The molecule has 2 aliphatic rings. The normalized spacial score (nSPS) is 18.9. The summed E-state index contributed by atoms with van der Waals surface area (Å²) in [6.45, 7) is -0.305. The van der Waals surface area contributed by atoms with Gasteiger partial charge in [-0.2, -0.15) is 0 Å². The van der Waals surface area contributed by atoms with Gasteiger partial charge in [-0.05, 0) is 25.0 Å². The molecule has 24 heavy (non-hydrogen) atoms. The van der Waals surface area contributed by atoms with E-state index in [1.54, 1.807) is 24.3 Å². The van der Waals surface area contributed by atoms with Crippen LogP contribution in [-0.4, -0.2) is 34.8 Å². The van der Waals surface area contributed by atoms with E-state index in [1.165, 1.54) is 0 Å². The third-order valence-corrected chi connectivity index (χ3v) is 4.49. The molecule has 0 unspecified atom stereocenters. The standard InChI is InChI=1S/C16H20N4O3.ClH/c17-11-6-2-3-7-12(11)18-13(21)10-20-14(22)16(19-15(20)23)8-4-1-5-9-16;/h2-3,6-7H,1,4-5,8-10,17H2,(H,18,21)(H,19,23);1H. The SMILES string of the molecule is Cl.Nc1ccccc1NC(=O)CN1C(=O)NC2(CCCCC2)C1=O. The largest absolute Gasteiger partial charge is 0.397 e. The van der Waals surface area contributed by atoms with Gasteiger partial charge in [0.2, 0.25) is 5.91 Å². The number of anilines is 2. The molecule has 1 saturated heterocycles. The van der Waals surface area contributed by atoms with Gasteiger partial charge in [0, 0.05) is 0 Å². The highest BCUT2D eigenvalue weighted by Crippen LogP contribution is 2.33. The van der Waals surface area contributed by atoms with Crippen molar-refractivity contribution in [2.75, 3.05) is 17.6 Å². The number of nitrogen functional groups attached to an aromatic ring is 1. The maximum absolute atomic E-state index is 12.6. The van der Waals surface area contributed by atoms with Crippen molar-refractivity contribution in [3.05, 3.63) is 24.3 Å². The number of nitrogens with one attached hydrogen (secondary N) is 2. The van der Waals surface area contributed by atoms with Gasteiger partial charge >= 0.3 is 6.03 Å². The molecule has 4 N–H and O–H groups in total. The van der Waals surface area contributed by atoms with Gasteiger partial charge in [-0.25, -0.2) is 4.79 Å². The van der Waals surface area contributed by atoms with E-state index in [1.807, 2.05) is 0 Å². The van der Waals surface area contributed by atoms with Crippen LogP contribution in [-0.2, 0) is 9.59 Å². The summed E-state index contributed by atoms with van der Waals surface area (Å²) in [6.07, 6.45) is 4.17. The summed E-state index contributed by atoms with van der Waals surface area (Å²) in [5.41, 5.74) is 5.87. The van der Waals surface area contributed by atoms with Crippen molar-refractivity contribution < 1.29 is 14.4 Å². The van der Waals surface area contributed by atoms with Gasteiger partial charge < -0.3 is 16.4 Å². The summed E-state index contributed by atoms with van der Waals surface area (Å²) in [7, 11) is 0. The Morgan fingerprint density at radius 2 is 1.88 bits per heavy atom. The summed E-state index contributed by atoms with van der Waals surface area (Å²) < 4.78 is 0. The number of urea groups is 1. The van der Waals surface area contributed by atoms with Crippen LogP contribution < -0.4 is 16.4 Å². The van der Waals surface area contributed by atoms with E-state index in [9.17, 15) is 14.4 Å². The molecule has 8 heteroatoms. The Hall–Kier alpha value is -2.28. The fourth-order valence-corrected chi connectivity index (χ4v) is 3.26. The van der Waals surface area contributed by atoms with E-state index in [0.717, 1.165) is 24.2 Å². The van der Waals surface area contributed by atoms with Crippen LogP contribution in [0, 0.1) is 0 Å². The minimum atomic E-state index is -0.804. The Labute approximate surface area is 146 Å². The fraction of sp³-hybridized carbons (Fsp3) is 0.438. The second-order valence-corrected chi connectivity index (χ2v) is 6.10. The molecule has 4 amide bonds. The van der Waals surface area contributed by atoms with Crippen molar-refractivity contribution in [1.29, 1.82) is 0 Å². The van der Waals surface area contributed by atoms with Crippen molar-refractivity contribution in [2.45, 2.75) is 37.6 Å². The van der Waals surface area contributed by atoms with Crippen LogP contribution in [0.5, 0.6) is 0 Å². The minimum Gasteiger partial charge on any atom is -0.397 e. The van der Waals surface area contributed by atoms with Crippen LogP contribution in [0.1, 0.15) is 32.1 Å². The van der Waals surface area contributed by atoms with Crippen molar-refractivity contribution in [2.24, 2.45) is 0 Å². The molecule has 7 nitrogen and oxygen atoms in total. The molecule has 1 saturated carbocycles. The number of carbonyl (C=O) groups excluding carboxylic acids is 3. The predicted octanol–water partition coefficient (Wildman–Crippen LogP) is 1.88. The third kappa shape index (κ3) is 3.31. The van der Waals surface area contributed by atoms with E-state index in [2.05, 4.69) is 10.6 Å². The molecule has 1 aromatic carbocycles. The number of imide groups is 1. The molecule has 130 valence electrons. The van der Waals surface area contributed by atoms with Gasteiger partial charge in [0.15, 0.2) is 0 Å². The molecule has 0 radical (unpaired) electrons. The van der Waals surface area contributed by atoms with Crippen molar-refractivity contribution in [3.8, 4) is 0 Å². The number of para-hydroxylation sites is 2. The minimum absolute atomic E-state index is 0. The number of amides is 4. The van der Waals surface area contributed by atoms with E-state index in [0.29, 0.717) is 24.2 Å². The first-order chi connectivity index (χ1) is 11.0. The lowest BCUT2D eigenvalue weighted by atomic mass is 9.82. The smallest absolute Gasteiger partial charge is 0.325 e. The molecular weight excluding hydrogens is 332 g/mol. The molecule has 1 spiro atoms. The highest BCUT2D eigenvalue weighted by molar-refractivity contribution is 6.10. The lowest BCUT2D eigenvalue weighted by Gasteiger charge is -2.30. The van der Waals surface area contributed by atoms with Crippen LogP contribution in [0.15, 0.2) is 24.3 Å². The number of halogens is 1. The molecule has 1 aliphatic carbocycles. The maximum atomic E-state index is 12.6. The Balaban J connectivity index is 0.00000208. The summed E-state index contributed by atoms with van der Waals surface area (Å²) >= 11 is 0. The van der Waals surface area contributed by atoms with Crippen LogP contribution in [0.25, 0.3) is 0 Å². The first-order valence-corrected chi connectivity index (χ1v) is 7.80. The summed E-state index contributed by atoms with van der Waals surface area (Å²) in [6, 6.07) is 6.35. The van der Waals surface area contributed by atoms with Crippen LogP contribution in [0.3, 0.4) is 0 Å². The first-order valence-electron chi connectivity index (χ1n) is 7.80. The van der Waals surface area contributed by atoms with Crippen LogP contribution in [0.4, 0.5) is 16.2 Å². The van der Waals surface area contributed by atoms with Crippen molar-refractivity contribution in [1.82, 2.24) is 10.2 Å². The second kappa shape index (κ2) is 7.09. The molecule has 2 fully saturated rings. The summed E-state index contributed by atoms with van der Waals surface area (Å²) in [5.74, 6) is -0.738. The Bertz CT molecular complexity index is 658. The average molecular weight is 353 g/mol. The number of nitrogens with zero attached hydrogens (tertiary/aromatic N) is 1. The summed E-state index contributed by atoms with van der Waals surface area (Å²) in [5, 5.41) is 5.41. The molecular formula is C16H21ClN4O3. The quantitative estimate of drug-likeness (QED) is 0.570. The lowest BCUT2D eigenvalue weighted by Crippen LogP contribution is -2.48. The van der Waals surface area contributed by atoms with Gasteiger partial charge in [-0.15, -0.1) is 12.4 Å². The fourth-order valence-electron chi connectivity index (χ4n) is 3.26. The Kier molecular flexibility index (Phi) is 5.33. The third-order valence-electron chi connectivity index (χ3n) is 4.49. The molecule has 0 aromatic heterocycles. The van der Waals surface area contributed by atoms with E-state index >= 15 is 0 Å². The first kappa shape index (κ1) is 18.1. The van der Waals surface area contributed by atoms with E-state index in [-0.39, 0.29) is 24.9 Å². The van der Waals surface area contributed by atoms with E-state index in [4.69, 9.17) is 5.73 Å². The van der Waals surface area contributed by atoms with E-state index < -0.39 is 17.5 Å². The van der Waals surface area contributed by atoms with Crippen molar-refractivity contribution >= 4 is 41.6 Å². The number of rotatable bonds is 3. The van der Waals surface area contributed by atoms with Gasteiger partial charge in [-0.1, -0.05) is 31.4 Å². The number of hydrogen-bond acceptors (Lipinski definition) is 4. The highest BCUT2D eigenvalue weighted by Gasteiger charge is 2.51. The van der Waals surface area contributed by atoms with Gasteiger partial charge in [0.1, 0.15) is 12.1 Å².